The second-order valence-electron chi connectivity index (χ2n) is 1.95. The van der Waals surface area contributed by atoms with Gasteiger partial charge in [0, 0.05) is 0 Å². The zero-order chi connectivity index (χ0) is 6.69. The minimum Gasteiger partial charge on any atom is -0.246 e. The van der Waals surface area contributed by atoms with Gasteiger partial charge in [-0.1, -0.05) is 18.2 Å². The molecule has 0 aliphatic carbocycles. The standard InChI is InChI=1S/C8H8F/c1-7-4-2-3-5-8(7)6-9/h2-3,5H,6H2,1H3. The highest BCUT2D eigenvalue weighted by atomic mass is 19.1. The Kier molecular flexibility index (Phi) is 1.83. The molecule has 0 heterocycles. The molecule has 1 radical (unpaired) electrons. The molecule has 0 saturated heterocycles. The second kappa shape index (κ2) is 2.62. The maximum atomic E-state index is 12.0. The molecule has 1 aromatic carbocycles. The topological polar surface area (TPSA) is 0 Å². The van der Waals surface area contributed by atoms with Gasteiger partial charge >= 0.3 is 0 Å². The lowest BCUT2D eigenvalue weighted by Crippen LogP contribution is -1.82. The summed E-state index contributed by atoms with van der Waals surface area (Å²) in [4.78, 5) is 0. The van der Waals surface area contributed by atoms with E-state index in [0.717, 1.165) is 11.1 Å². The van der Waals surface area contributed by atoms with E-state index in [1.165, 1.54) is 0 Å². The highest BCUT2D eigenvalue weighted by Gasteiger charge is 1.92. The van der Waals surface area contributed by atoms with E-state index < -0.39 is 0 Å². The van der Waals surface area contributed by atoms with Crippen LogP contribution in [-0.2, 0) is 6.67 Å². The molecule has 1 aromatic rings. The fourth-order valence-electron chi connectivity index (χ4n) is 0.700. The van der Waals surface area contributed by atoms with Crippen molar-refractivity contribution in [2.75, 3.05) is 0 Å². The summed E-state index contributed by atoms with van der Waals surface area (Å²) >= 11 is 0. The fraction of sp³-hybridized carbons (Fsp3) is 0.250. The first-order valence-corrected chi connectivity index (χ1v) is 2.86. The van der Waals surface area contributed by atoms with Gasteiger partial charge in [-0.3, -0.25) is 0 Å². The van der Waals surface area contributed by atoms with Gasteiger partial charge in [0.15, 0.2) is 0 Å². The van der Waals surface area contributed by atoms with Gasteiger partial charge in [-0.2, -0.15) is 0 Å². The molecular weight excluding hydrogens is 115 g/mol. The molecule has 0 aliphatic rings. The Morgan fingerprint density at radius 2 is 2.44 bits per heavy atom. The van der Waals surface area contributed by atoms with Crippen LogP contribution in [0.4, 0.5) is 4.39 Å². The van der Waals surface area contributed by atoms with Gasteiger partial charge in [-0.25, -0.2) is 4.39 Å². The minimum atomic E-state index is -0.386. The van der Waals surface area contributed by atoms with E-state index in [4.69, 9.17) is 0 Å². The Labute approximate surface area is 54.3 Å². The Bertz CT molecular complexity index is 194. The molecule has 9 heavy (non-hydrogen) atoms. The predicted molar refractivity (Wildman–Crippen MR) is 34.8 cm³/mol. The number of benzene rings is 1. The summed E-state index contributed by atoms with van der Waals surface area (Å²) in [6.45, 7) is 1.47. The number of hydrogen-bond acceptors (Lipinski definition) is 0. The molecular formula is C8H8F. The first-order valence-electron chi connectivity index (χ1n) is 2.86. The van der Waals surface area contributed by atoms with Crippen molar-refractivity contribution < 1.29 is 4.39 Å². The average molecular weight is 123 g/mol. The van der Waals surface area contributed by atoms with E-state index in [1.54, 1.807) is 18.2 Å². The smallest absolute Gasteiger partial charge is 0.115 e. The van der Waals surface area contributed by atoms with Gasteiger partial charge < -0.3 is 0 Å². The normalized spacial score (nSPS) is 9.56. The Morgan fingerprint density at radius 3 is 2.89 bits per heavy atom. The van der Waals surface area contributed by atoms with E-state index in [1.807, 2.05) is 6.92 Å². The van der Waals surface area contributed by atoms with E-state index in [0.29, 0.717) is 0 Å². The van der Waals surface area contributed by atoms with Crippen molar-refractivity contribution in [3.8, 4) is 0 Å². The third kappa shape index (κ3) is 1.28. The van der Waals surface area contributed by atoms with Crippen molar-refractivity contribution in [2.45, 2.75) is 13.6 Å². The summed E-state index contributed by atoms with van der Waals surface area (Å²) in [6, 6.07) is 8.26. The maximum absolute atomic E-state index is 12.0. The maximum Gasteiger partial charge on any atom is 0.115 e. The van der Waals surface area contributed by atoms with Crippen LogP contribution in [0.1, 0.15) is 11.1 Å². The largest absolute Gasteiger partial charge is 0.246 e. The zero-order valence-electron chi connectivity index (χ0n) is 5.32. The van der Waals surface area contributed by atoms with Crippen LogP contribution >= 0.6 is 0 Å². The predicted octanol–water partition coefficient (Wildman–Crippen LogP) is 2.26. The molecule has 0 atom stereocenters. The van der Waals surface area contributed by atoms with Crippen LogP contribution in [-0.4, -0.2) is 0 Å². The lowest BCUT2D eigenvalue weighted by Gasteiger charge is -1.95. The number of halogens is 1. The highest BCUT2D eigenvalue weighted by molar-refractivity contribution is 5.23. The Morgan fingerprint density at radius 1 is 1.67 bits per heavy atom. The van der Waals surface area contributed by atoms with Crippen molar-refractivity contribution in [1.29, 1.82) is 0 Å². The molecule has 0 nitrogen and oxygen atoms in total. The number of rotatable bonds is 1. The molecule has 1 heteroatoms. The molecule has 1 rings (SSSR count). The first-order chi connectivity index (χ1) is 4.34. The van der Waals surface area contributed by atoms with Crippen LogP contribution in [0.5, 0.6) is 0 Å². The van der Waals surface area contributed by atoms with Gasteiger partial charge in [0.05, 0.1) is 0 Å². The summed E-state index contributed by atoms with van der Waals surface area (Å²) in [6.07, 6.45) is 0. The number of alkyl halides is 1. The van der Waals surface area contributed by atoms with E-state index >= 15 is 0 Å². The Balaban J connectivity index is 3.01. The third-order valence-corrected chi connectivity index (χ3v) is 1.32. The monoisotopic (exact) mass is 123 g/mol. The zero-order valence-corrected chi connectivity index (χ0v) is 5.32. The van der Waals surface area contributed by atoms with Crippen molar-refractivity contribution in [3.05, 3.63) is 35.4 Å². The average Bonchev–Trinajstić information content (AvgIpc) is 1.89. The molecule has 0 saturated carbocycles. The van der Waals surface area contributed by atoms with Crippen LogP contribution in [0, 0.1) is 13.0 Å². The molecule has 0 unspecified atom stereocenters. The SMILES string of the molecule is Cc1[c]cccc1CF. The second-order valence-corrected chi connectivity index (χ2v) is 1.95. The molecule has 0 amide bonds. The van der Waals surface area contributed by atoms with Crippen molar-refractivity contribution in [2.24, 2.45) is 0 Å². The highest BCUT2D eigenvalue weighted by Crippen LogP contribution is 2.06. The van der Waals surface area contributed by atoms with E-state index in [-0.39, 0.29) is 6.67 Å². The molecule has 47 valence electrons. The molecule has 0 aliphatic heterocycles. The van der Waals surface area contributed by atoms with Crippen LogP contribution < -0.4 is 0 Å². The van der Waals surface area contributed by atoms with Gasteiger partial charge in [0.2, 0.25) is 0 Å². The van der Waals surface area contributed by atoms with Crippen LogP contribution in [0.25, 0.3) is 0 Å². The van der Waals surface area contributed by atoms with Gasteiger partial charge in [0.1, 0.15) is 6.67 Å². The van der Waals surface area contributed by atoms with Crippen LogP contribution in [0.2, 0.25) is 0 Å². The molecule has 0 spiro atoms. The van der Waals surface area contributed by atoms with E-state index in [2.05, 4.69) is 6.07 Å². The molecule has 0 fully saturated rings. The molecule has 0 aromatic heterocycles. The number of hydrogen-bond donors (Lipinski definition) is 0. The lowest BCUT2D eigenvalue weighted by atomic mass is 10.1. The minimum absolute atomic E-state index is 0.386. The summed E-state index contributed by atoms with van der Waals surface area (Å²) < 4.78 is 12.0. The molecule has 0 bridgehead atoms. The summed E-state index contributed by atoms with van der Waals surface area (Å²) in [5, 5.41) is 0. The third-order valence-electron chi connectivity index (χ3n) is 1.32. The quantitative estimate of drug-likeness (QED) is 0.537. The van der Waals surface area contributed by atoms with Crippen LogP contribution in [0.3, 0.4) is 0 Å². The lowest BCUT2D eigenvalue weighted by molar-refractivity contribution is 0.483. The van der Waals surface area contributed by atoms with Crippen molar-refractivity contribution >= 4 is 0 Å². The fourth-order valence-corrected chi connectivity index (χ4v) is 0.700. The van der Waals surface area contributed by atoms with Crippen molar-refractivity contribution in [3.63, 3.8) is 0 Å². The van der Waals surface area contributed by atoms with Gasteiger partial charge in [0.25, 0.3) is 0 Å². The summed E-state index contributed by atoms with van der Waals surface area (Å²) in [5.41, 5.74) is 1.64. The first kappa shape index (κ1) is 6.27. The molecule has 0 N–H and O–H groups in total. The summed E-state index contributed by atoms with van der Waals surface area (Å²) in [5.74, 6) is 0. The summed E-state index contributed by atoms with van der Waals surface area (Å²) in [7, 11) is 0. The van der Waals surface area contributed by atoms with Gasteiger partial charge in [-0.05, 0) is 24.1 Å². The van der Waals surface area contributed by atoms with Crippen molar-refractivity contribution in [1.82, 2.24) is 0 Å². The van der Waals surface area contributed by atoms with Crippen LogP contribution in [0.15, 0.2) is 18.2 Å². The van der Waals surface area contributed by atoms with E-state index in [9.17, 15) is 4.39 Å². The Hall–Kier alpha value is -0.850. The number of aryl methyl sites for hydroxylation is 1. The van der Waals surface area contributed by atoms with Gasteiger partial charge in [-0.15, -0.1) is 0 Å².